The summed E-state index contributed by atoms with van der Waals surface area (Å²) < 4.78 is 0. The Balaban J connectivity index is 0.00000289. The lowest BCUT2D eigenvalue weighted by molar-refractivity contribution is 0.640. The molecular weight excluding hydrogens is 424 g/mol. The molecule has 2 nitrogen and oxygen atoms in total. The van der Waals surface area contributed by atoms with Gasteiger partial charge in [-0.1, -0.05) is 116 Å². The van der Waals surface area contributed by atoms with E-state index in [4.69, 9.17) is 11.5 Å². The second-order valence-electron chi connectivity index (χ2n) is 8.86. The number of anilines is 2. The van der Waals surface area contributed by atoms with Crippen LogP contribution in [0.1, 0.15) is 76.9 Å². The molecule has 0 aliphatic heterocycles. The number of nitrogens with two attached hydrogens (primary N) is 2. The van der Waals surface area contributed by atoms with Gasteiger partial charge in [0.2, 0.25) is 0 Å². The normalized spacial score (nSPS) is 10.1. The second-order valence-corrected chi connectivity index (χ2v) is 8.86. The van der Waals surface area contributed by atoms with Crippen LogP contribution < -0.4 is 11.5 Å². The van der Waals surface area contributed by atoms with Gasteiger partial charge in [0.1, 0.15) is 0 Å². The molecule has 0 aromatic heterocycles. The van der Waals surface area contributed by atoms with Crippen molar-refractivity contribution in [3.63, 3.8) is 0 Å². The van der Waals surface area contributed by atoms with E-state index < -0.39 is 0 Å². The molecule has 0 bridgehead atoms. The van der Waals surface area contributed by atoms with E-state index in [2.05, 4.69) is 86.6 Å². The fraction of sp³-hybridized carbons (Fsp3) is 0.273. The highest BCUT2D eigenvalue weighted by Gasteiger charge is 2.22. The summed E-state index contributed by atoms with van der Waals surface area (Å²) in [5, 5.41) is 0. The second kappa shape index (κ2) is 13.4. The molecule has 0 amide bonds. The van der Waals surface area contributed by atoms with Gasteiger partial charge in [0, 0.05) is 16.8 Å². The zero-order valence-corrected chi connectivity index (χ0v) is 18.3. The van der Waals surface area contributed by atoms with E-state index in [0.29, 0.717) is 0 Å². The van der Waals surface area contributed by atoms with Gasteiger partial charge in [-0.15, -0.1) is 0 Å². The minimum Gasteiger partial charge on any atom is -0.399 e. The van der Waals surface area contributed by atoms with Crippen molar-refractivity contribution in [2.24, 2.45) is 0 Å². The Morgan fingerprint density at radius 1 is 0.429 bits per heavy atom. The molecule has 0 spiro atoms. The molecule has 0 fully saturated rings. The molecule has 0 unspecified atom stereocenters. The van der Waals surface area contributed by atoms with Gasteiger partial charge in [-0.25, -0.2) is 0 Å². The van der Waals surface area contributed by atoms with Gasteiger partial charge < -0.3 is 11.5 Å². The third-order valence-corrected chi connectivity index (χ3v) is 6.13. The van der Waals surface area contributed by atoms with Crippen molar-refractivity contribution in [3.8, 4) is 0 Å². The summed E-state index contributed by atoms with van der Waals surface area (Å²) in [5.41, 5.74) is 20.9. The molecular formula is C33H46N2. The van der Waals surface area contributed by atoms with Crippen molar-refractivity contribution in [1.29, 1.82) is 0 Å². The monoisotopic (exact) mass is 470 g/mol. The first-order valence-electron chi connectivity index (χ1n) is 10.8. The van der Waals surface area contributed by atoms with Crippen LogP contribution in [0, 0.1) is 0 Å². The van der Waals surface area contributed by atoms with Crippen molar-refractivity contribution >= 4 is 11.4 Å². The van der Waals surface area contributed by atoms with Gasteiger partial charge in [-0.05, 0) is 70.5 Å². The maximum atomic E-state index is 5.79. The quantitative estimate of drug-likeness (QED) is 0.276. The third-order valence-electron chi connectivity index (χ3n) is 6.13. The van der Waals surface area contributed by atoms with Crippen LogP contribution in [0.25, 0.3) is 0 Å². The van der Waals surface area contributed by atoms with Crippen LogP contribution in [0.3, 0.4) is 0 Å². The molecule has 0 atom stereocenters. The lowest BCUT2D eigenvalue weighted by Crippen LogP contribution is -2.18. The molecule has 0 aliphatic rings. The zero-order valence-electron chi connectivity index (χ0n) is 18.3. The van der Waals surface area contributed by atoms with E-state index in [-0.39, 0.29) is 35.1 Å². The molecule has 2 heteroatoms. The minimum atomic E-state index is -0.0561. The first-order valence-corrected chi connectivity index (χ1v) is 10.8. The lowest BCUT2D eigenvalue weighted by Gasteiger charge is -2.26. The Labute approximate surface area is 215 Å². The molecule has 0 saturated carbocycles. The average Bonchev–Trinajstić information content (AvgIpc) is 2.78. The van der Waals surface area contributed by atoms with Crippen LogP contribution >= 0.6 is 0 Å². The Morgan fingerprint density at radius 3 is 0.914 bits per heavy atom. The number of benzene rings is 4. The molecule has 4 N–H and O–H groups in total. The first-order chi connectivity index (χ1) is 14.9. The van der Waals surface area contributed by atoms with E-state index >= 15 is 0 Å². The maximum absolute atomic E-state index is 5.79. The largest absolute Gasteiger partial charge is 0.399 e. The van der Waals surface area contributed by atoms with Crippen LogP contribution in [0.15, 0.2) is 97.1 Å². The number of hydrogen-bond donors (Lipinski definition) is 2. The summed E-state index contributed by atoms with van der Waals surface area (Å²) in [6.45, 7) is 4.58. The lowest BCUT2D eigenvalue weighted by atomic mass is 9.77. The Kier molecular flexibility index (Phi) is 12.0. The Morgan fingerprint density at radius 2 is 0.657 bits per heavy atom. The van der Waals surface area contributed by atoms with Gasteiger partial charge in [0.25, 0.3) is 0 Å². The molecule has 4 aromatic rings. The first kappa shape index (κ1) is 31.5. The van der Waals surface area contributed by atoms with Crippen LogP contribution in [-0.4, -0.2) is 0 Å². The Bertz CT molecular complexity index is 1030. The van der Waals surface area contributed by atoms with Crippen molar-refractivity contribution in [1.82, 2.24) is 0 Å². The standard InChI is InChI=1S/C29H30N2.4CH4/c1-29(2,25-11-3-21(4-12-25)19-23-7-15-27(30)16-8-23)26-13-5-22(6-14-26)20-24-9-17-28(31)18-10-24;;;;/h3-18H,19-20,30-31H2,1-2H3;4*1H4. The average molecular weight is 471 g/mol. The molecule has 35 heavy (non-hydrogen) atoms. The van der Waals surface area contributed by atoms with Crippen molar-refractivity contribution in [3.05, 3.63) is 130 Å². The van der Waals surface area contributed by atoms with Gasteiger partial charge in [0.05, 0.1) is 0 Å². The van der Waals surface area contributed by atoms with Gasteiger partial charge in [-0.3, -0.25) is 0 Å². The topological polar surface area (TPSA) is 52.0 Å². The SMILES string of the molecule is C.C.C.C.CC(C)(c1ccc(Cc2ccc(N)cc2)cc1)c1ccc(Cc2ccc(N)cc2)cc1. The summed E-state index contributed by atoms with van der Waals surface area (Å²) in [7, 11) is 0. The third kappa shape index (κ3) is 7.75. The van der Waals surface area contributed by atoms with E-state index in [1.54, 1.807) is 0 Å². The summed E-state index contributed by atoms with van der Waals surface area (Å²) in [5.74, 6) is 0. The fourth-order valence-electron chi connectivity index (χ4n) is 3.99. The summed E-state index contributed by atoms with van der Waals surface area (Å²) >= 11 is 0. The molecule has 0 aliphatic carbocycles. The maximum Gasteiger partial charge on any atom is 0.0314 e. The van der Waals surface area contributed by atoms with E-state index in [0.717, 1.165) is 24.2 Å². The van der Waals surface area contributed by atoms with E-state index in [1.165, 1.54) is 33.4 Å². The smallest absolute Gasteiger partial charge is 0.0314 e. The van der Waals surface area contributed by atoms with Crippen LogP contribution in [0.2, 0.25) is 0 Å². The highest BCUT2D eigenvalue weighted by molar-refractivity contribution is 5.44. The van der Waals surface area contributed by atoms with E-state index in [1.807, 2.05) is 24.3 Å². The van der Waals surface area contributed by atoms with Crippen molar-refractivity contribution in [2.45, 2.75) is 61.8 Å². The molecule has 4 aromatic carbocycles. The molecule has 188 valence electrons. The van der Waals surface area contributed by atoms with Gasteiger partial charge in [-0.2, -0.15) is 0 Å². The van der Waals surface area contributed by atoms with Crippen molar-refractivity contribution in [2.75, 3.05) is 11.5 Å². The summed E-state index contributed by atoms with van der Waals surface area (Å²) in [4.78, 5) is 0. The number of rotatable bonds is 6. The van der Waals surface area contributed by atoms with Gasteiger partial charge >= 0.3 is 0 Å². The van der Waals surface area contributed by atoms with Crippen LogP contribution in [-0.2, 0) is 18.3 Å². The number of nitrogen functional groups attached to an aromatic ring is 2. The van der Waals surface area contributed by atoms with Crippen LogP contribution in [0.5, 0.6) is 0 Å². The molecule has 4 rings (SSSR count). The van der Waals surface area contributed by atoms with Crippen molar-refractivity contribution < 1.29 is 0 Å². The fourth-order valence-corrected chi connectivity index (χ4v) is 3.99. The van der Waals surface area contributed by atoms with Gasteiger partial charge in [0.15, 0.2) is 0 Å². The van der Waals surface area contributed by atoms with Crippen LogP contribution in [0.4, 0.5) is 11.4 Å². The zero-order chi connectivity index (χ0) is 21.8. The highest BCUT2D eigenvalue weighted by atomic mass is 14.5. The molecule has 0 heterocycles. The predicted molar refractivity (Wildman–Crippen MR) is 159 cm³/mol. The van der Waals surface area contributed by atoms with E-state index in [9.17, 15) is 0 Å². The predicted octanol–water partition coefficient (Wildman–Crippen LogP) is 8.90. The molecule has 0 saturated heterocycles. The number of hydrogen-bond acceptors (Lipinski definition) is 2. The minimum absolute atomic E-state index is 0. The summed E-state index contributed by atoms with van der Waals surface area (Å²) in [6.07, 6.45) is 1.83. The Hall–Kier alpha value is -3.52. The summed E-state index contributed by atoms with van der Waals surface area (Å²) in [6, 6.07) is 34.2. The highest BCUT2D eigenvalue weighted by Crippen LogP contribution is 2.32. The molecule has 0 radical (unpaired) electrons.